The molecule has 0 spiro atoms. The van der Waals surface area contributed by atoms with Gasteiger partial charge in [0.2, 0.25) is 0 Å². The van der Waals surface area contributed by atoms with Crippen molar-refractivity contribution < 1.29 is 14.6 Å². The third-order valence-electron chi connectivity index (χ3n) is 3.81. The van der Waals surface area contributed by atoms with Crippen LogP contribution in [0.25, 0.3) is 0 Å². The number of halogens is 1. The normalized spacial score (nSPS) is 23.0. The summed E-state index contributed by atoms with van der Waals surface area (Å²) in [6.07, 6.45) is 3.95. The molecule has 2 rings (SSSR count). The van der Waals surface area contributed by atoms with Crippen LogP contribution in [0.4, 0.5) is 4.39 Å². The quantitative estimate of drug-likeness (QED) is 0.782. The van der Waals surface area contributed by atoms with Crippen LogP contribution in [-0.2, 0) is 0 Å². The molecule has 0 aromatic heterocycles. The van der Waals surface area contributed by atoms with Gasteiger partial charge in [-0.3, -0.25) is 0 Å². The van der Waals surface area contributed by atoms with Gasteiger partial charge in [0, 0.05) is 23.6 Å². The van der Waals surface area contributed by atoms with E-state index in [4.69, 9.17) is 0 Å². The van der Waals surface area contributed by atoms with Gasteiger partial charge in [-0.2, -0.15) is 0 Å². The number of benzene rings is 1. The molecular formula is C16H19FO2. The Morgan fingerprint density at radius 2 is 1.89 bits per heavy atom. The van der Waals surface area contributed by atoms with Crippen LogP contribution in [-0.4, -0.2) is 10.2 Å². The van der Waals surface area contributed by atoms with Crippen LogP contribution in [0.15, 0.2) is 35.9 Å². The summed E-state index contributed by atoms with van der Waals surface area (Å²) in [5.74, 6) is -1.01. The van der Waals surface area contributed by atoms with Gasteiger partial charge >= 0.3 is 0 Å². The number of aromatic hydroxyl groups is 2. The molecule has 0 saturated heterocycles. The van der Waals surface area contributed by atoms with Crippen molar-refractivity contribution in [1.29, 1.82) is 0 Å². The van der Waals surface area contributed by atoms with E-state index in [9.17, 15) is 14.6 Å². The number of phenolic OH excluding ortho intramolecular Hbond substituents is 2. The highest BCUT2D eigenvalue weighted by molar-refractivity contribution is 5.49. The molecule has 0 bridgehead atoms. The van der Waals surface area contributed by atoms with Crippen molar-refractivity contribution in [3.63, 3.8) is 0 Å². The Labute approximate surface area is 112 Å². The minimum Gasteiger partial charge on any atom is -0.507 e. The average Bonchev–Trinajstić information content (AvgIpc) is 2.27. The Bertz CT molecular complexity index is 523. The molecule has 2 N–H and O–H groups in total. The van der Waals surface area contributed by atoms with E-state index in [1.165, 1.54) is 5.57 Å². The Balaban J connectivity index is 2.54. The summed E-state index contributed by atoms with van der Waals surface area (Å²) in [5, 5.41) is 19.9. The first-order valence-electron chi connectivity index (χ1n) is 6.44. The molecular weight excluding hydrogens is 243 g/mol. The first kappa shape index (κ1) is 13.7. The van der Waals surface area contributed by atoms with Gasteiger partial charge in [0.25, 0.3) is 0 Å². The van der Waals surface area contributed by atoms with Crippen LogP contribution < -0.4 is 0 Å². The molecule has 1 aliphatic rings. The molecule has 0 aliphatic heterocycles. The zero-order valence-corrected chi connectivity index (χ0v) is 11.3. The molecule has 2 atom stereocenters. The van der Waals surface area contributed by atoms with E-state index < -0.39 is 5.82 Å². The maximum absolute atomic E-state index is 13.2. The van der Waals surface area contributed by atoms with Crippen molar-refractivity contribution in [3.05, 3.63) is 47.3 Å². The third kappa shape index (κ3) is 2.65. The molecule has 3 heteroatoms. The van der Waals surface area contributed by atoms with Crippen molar-refractivity contribution in [1.82, 2.24) is 0 Å². The molecule has 19 heavy (non-hydrogen) atoms. The molecule has 1 aromatic carbocycles. The third-order valence-corrected chi connectivity index (χ3v) is 3.81. The predicted octanol–water partition coefficient (Wildman–Crippen LogP) is 4.25. The number of phenols is 2. The fourth-order valence-corrected chi connectivity index (χ4v) is 2.84. The second-order valence-corrected chi connectivity index (χ2v) is 5.39. The van der Waals surface area contributed by atoms with Crippen LogP contribution in [0, 0.1) is 11.7 Å². The first-order chi connectivity index (χ1) is 8.90. The summed E-state index contributed by atoms with van der Waals surface area (Å²) in [5.41, 5.74) is 2.62. The second-order valence-electron chi connectivity index (χ2n) is 5.39. The molecule has 0 amide bonds. The second kappa shape index (κ2) is 5.08. The Kier molecular flexibility index (Phi) is 3.65. The highest BCUT2D eigenvalue weighted by Crippen LogP contribution is 2.46. The van der Waals surface area contributed by atoms with Gasteiger partial charge in [-0.1, -0.05) is 23.8 Å². The molecule has 0 saturated carbocycles. The van der Waals surface area contributed by atoms with Gasteiger partial charge in [0.15, 0.2) is 0 Å². The number of hydrogen-bond donors (Lipinski definition) is 2. The van der Waals surface area contributed by atoms with Crippen molar-refractivity contribution >= 4 is 0 Å². The topological polar surface area (TPSA) is 40.5 Å². The maximum Gasteiger partial charge on any atom is 0.130 e. The van der Waals surface area contributed by atoms with E-state index in [1.807, 2.05) is 19.9 Å². The number of hydrogen-bond acceptors (Lipinski definition) is 2. The van der Waals surface area contributed by atoms with Crippen LogP contribution in [0.5, 0.6) is 11.5 Å². The van der Waals surface area contributed by atoms with Crippen molar-refractivity contribution in [3.8, 4) is 11.5 Å². The van der Waals surface area contributed by atoms with Crippen LogP contribution >= 0.6 is 0 Å². The highest BCUT2D eigenvalue weighted by atomic mass is 19.1. The fourth-order valence-electron chi connectivity index (χ4n) is 2.84. The molecule has 2 nitrogen and oxygen atoms in total. The van der Waals surface area contributed by atoms with Gasteiger partial charge in [-0.15, -0.1) is 0 Å². The Morgan fingerprint density at radius 3 is 2.42 bits per heavy atom. The van der Waals surface area contributed by atoms with E-state index in [-0.39, 0.29) is 23.3 Å². The molecule has 0 radical (unpaired) electrons. The van der Waals surface area contributed by atoms with Crippen molar-refractivity contribution in [2.24, 2.45) is 5.92 Å². The van der Waals surface area contributed by atoms with Crippen molar-refractivity contribution in [2.75, 3.05) is 0 Å². The largest absolute Gasteiger partial charge is 0.507 e. The van der Waals surface area contributed by atoms with E-state index in [0.717, 1.165) is 30.5 Å². The summed E-state index contributed by atoms with van der Waals surface area (Å²) < 4.78 is 13.2. The lowest BCUT2D eigenvalue weighted by Gasteiger charge is -2.31. The monoisotopic (exact) mass is 262 g/mol. The van der Waals surface area contributed by atoms with Crippen LogP contribution in [0.3, 0.4) is 0 Å². The van der Waals surface area contributed by atoms with Gasteiger partial charge in [-0.25, -0.2) is 4.39 Å². The zero-order valence-electron chi connectivity index (χ0n) is 11.3. The van der Waals surface area contributed by atoms with Crippen molar-refractivity contribution in [2.45, 2.75) is 32.6 Å². The fraction of sp³-hybridized carbons (Fsp3) is 0.375. The summed E-state index contributed by atoms with van der Waals surface area (Å²) in [6, 6.07) is 2.09. The molecule has 1 aromatic rings. The van der Waals surface area contributed by atoms with E-state index in [2.05, 4.69) is 6.58 Å². The smallest absolute Gasteiger partial charge is 0.130 e. The highest BCUT2D eigenvalue weighted by Gasteiger charge is 2.30. The summed E-state index contributed by atoms with van der Waals surface area (Å²) in [7, 11) is 0. The van der Waals surface area contributed by atoms with Crippen LogP contribution in [0.1, 0.15) is 38.2 Å². The zero-order chi connectivity index (χ0) is 14.2. The lowest BCUT2D eigenvalue weighted by Crippen LogP contribution is -2.17. The standard InChI is InChI=1S/C16H19FO2/c1-9(2)12-5-4-10(3)6-13(12)16-14(18)7-11(17)8-15(16)19/h6-8,12-13,18-19H,1,4-5H2,2-3H3/t12-,13?/m0/s1. The van der Waals surface area contributed by atoms with Gasteiger partial charge in [0.05, 0.1) is 0 Å². The van der Waals surface area contributed by atoms with E-state index >= 15 is 0 Å². The molecule has 0 fully saturated rings. The lowest BCUT2D eigenvalue weighted by atomic mass is 9.74. The predicted molar refractivity (Wildman–Crippen MR) is 73.8 cm³/mol. The Morgan fingerprint density at radius 1 is 1.32 bits per heavy atom. The molecule has 102 valence electrons. The SMILES string of the molecule is C=C(C)[C@@H]1CCC(C)=CC1c1c(O)cc(F)cc1O. The summed E-state index contributed by atoms with van der Waals surface area (Å²) >= 11 is 0. The Hall–Kier alpha value is -1.77. The average molecular weight is 262 g/mol. The molecule has 1 unspecified atom stereocenters. The number of allylic oxidation sites excluding steroid dienone is 3. The van der Waals surface area contributed by atoms with E-state index in [1.54, 1.807) is 0 Å². The van der Waals surface area contributed by atoms with Gasteiger partial charge in [-0.05, 0) is 32.6 Å². The minimum atomic E-state index is -0.637. The molecule has 0 heterocycles. The minimum absolute atomic E-state index is 0.146. The van der Waals surface area contributed by atoms with Crippen LogP contribution in [0.2, 0.25) is 0 Å². The summed E-state index contributed by atoms with van der Waals surface area (Å²) in [6.45, 7) is 7.97. The summed E-state index contributed by atoms with van der Waals surface area (Å²) in [4.78, 5) is 0. The lowest BCUT2D eigenvalue weighted by molar-refractivity contribution is 0.401. The van der Waals surface area contributed by atoms with E-state index in [0.29, 0.717) is 5.56 Å². The van der Waals surface area contributed by atoms with Gasteiger partial charge < -0.3 is 10.2 Å². The number of rotatable bonds is 2. The van der Waals surface area contributed by atoms with Gasteiger partial charge in [0.1, 0.15) is 17.3 Å². The molecule has 1 aliphatic carbocycles. The maximum atomic E-state index is 13.2. The first-order valence-corrected chi connectivity index (χ1v) is 6.44.